The molecule has 100 valence electrons. The fourth-order valence-electron chi connectivity index (χ4n) is 1.73. The third-order valence-corrected chi connectivity index (χ3v) is 2.75. The third-order valence-electron chi connectivity index (χ3n) is 2.75. The van der Waals surface area contributed by atoms with E-state index in [1.54, 1.807) is 6.20 Å². The van der Waals surface area contributed by atoms with Crippen LogP contribution in [0.4, 0.5) is 0 Å². The molecule has 0 saturated carbocycles. The number of rotatable bonds is 6. The Hall–Kier alpha value is -2.10. The Kier molecular flexibility index (Phi) is 4.72. The standard InChI is InChI=1S/C15H18N2O2/c1-2-10-16-14(18)8-9-15-17-11-13(19-15)12-6-4-3-5-7-12/h3-7,11H,2,8-10H2,1H3,(H,16,18). The molecule has 4 nitrogen and oxygen atoms in total. The highest BCUT2D eigenvalue weighted by Gasteiger charge is 2.08. The van der Waals surface area contributed by atoms with E-state index in [1.165, 1.54) is 0 Å². The maximum absolute atomic E-state index is 11.5. The first-order valence-corrected chi connectivity index (χ1v) is 6.56. The lowest BCUT2D eigenvalue weighted by molar-refractivity contribution is -0.121. The Morgan fingerprint density at radius 3 is 2.84 bits per heavy atom. The number of nitrogens with zero attached hydrogens (tertiary/aromatic N) is 1. The molecule has 0 fully saturated rings. The van der Waals surface area contributed by atoms with Gasteiger partial charge in [0.25, 0.3) is 0 Å². The first-order valence-electron chi connectivity index (χ1n) is 6.56. The summed E-state index contributed by atoms with van der Waals surface area (Å²) in [6.45, 7) is 2.75. The second kappa shape index (κ2) is 6.73. The Bertz CT molecular complexity index is 520. The van der Waals surface area contributed by atoms with Crippen LogP contribution in [0.3, 0.4) is 0 Å². The van der Waals surface area contributed by atoms with Gasteiger partial charge in [-0.25, -0.2) is 4.98 Å². The summed E-state index contributed by atoms with van der Waals surface area (Å²) >= 11 is 0. The molecule has 1 aromatic heterocycles. The molecule has 1 aromatic carbocycles. The number of nitrogens with one attached hydrogen (secondary N) is 1. The molecule has 0 radical (unpaired) electrons. The smallest absolute Gasteiger partial charge is 0.220 e. The molecule has 0 unspecified atom stereocenters. The van der Waals surface area contributed by atoms with Gasteiger partial charge in [-0.15, -0.1) is 0 Å². The predicted molar refractivity (Wildman–Crippen MR) is 73.6 cm³/mol. The number of benzene rings is 1. The molecule has 2 aromatic rings. The van der Waals surface area contributed by atoms with Gasteiger partial charge in [0, 0.05) is 24.9 Å². The molecule has 0 saturated heterocycles. The first kappa shape index (κ1) is 13.3. The second-order valence-electron chi connectivity index (χ2n) is 4.33. The molecule has 0 bridgehead atoms. The van der Waals surface area contributed by atoms with Gasteiger partial charge in [0.15, 0.2) is 11.7 Å². The van der Waals surface area contributed by atoms with Crippen LogP contribution in [0, 0.1) is 0 Å². The van der Waals surface area contributed by atoms with Crippen LogP contribution in [0.1, 0.15) is 25.7 Å². The molecule has 19 heavy (non-hydrogen) atoms. The number of aryl methyl sites for hydroxylation is 1. The van der Waals surface area contributed by atoms with E-state index in [4.69, 9.17) is 4.42 Å². The molecular formula is C15H18N2O2. The van der Waals surface area contributed by atoms with Crippen molar-refractivity contribution >= 4 is 5.91 Å². The molecule has 0 aliphatic rings. The number of hydrogen-bond acceptors (Lipinski definition) is 3. The van der Waals surface area contributed by atoms with Crippen molar-refractivity contribution in [3.8, 4) is 11.3 Å². The third kappa shape index (κ3) is 3.95. The van der Waals surface area contributed by atoms with Crippen molar-refractivity contribution in [2.45, 2.75) is 26.2 Å². The molecule has 2 rings (SSSR count). The van der Waals surface area contributed by atoms with Gasteiger partial charge < -0.3 is 9.73 Å². The lowest BCUT2D eigenvalue weighted by atomic mass is 10.2. The minimum Gasteiger partial charge on any atom is -0.441 e. The highest BCUT2D eigenvalue weighted by Crippen LogP contribution is 2.20. The Balaban J connectivity index is 1.90. The van der Waals surface area contributed by atoms with Gasteiger partial charge in [-0.1, -0.05) is 37.3 Å². The van der Waals surface area contributed by atoms with Crippen molar-refractivity contribution in [1.29, 1.82) is 0 Å². The summed E-state index contributed by atoms with van der Waals surface area (Å²) in [7, 11) is 0. The van der Waals surface area contributed by atoms with Crippen molar-refractivity contribution < 1.29 is 9.21 Å². The lowest BCUT2D eigenvalue weighted by Gasteiger charge is -2.01. The van der Waals surface area contributed by atoms with Gasteiger partial charge in [0.05, 0.1) is 6.20 Å². The zero-order chi connectivity index (χ0) is 13.5. The van der Waals surface area contributed by atoms with Gasteiger partial charge in [-0.3, -0.25) is 4.79 Å². The van der Waals surface area contributed by atoms with Gasteiger partial charge in [-0.2, -0.15) is 0 Å². The molecule has 1 amide bonds. The van der Waals surface area contributed by atoms with Crippen LogP contribution in [0.15, 0.2) is 40.9 Å². The van der Waals surface area contributed by atoms with Crippen molar-refractivity contribution in [1.82, 2.24) is 10.3 Å². The zero-order valence-electron chi connectivity index (χ0n) is 11.1. The van der Waals surface area contributed by atoms with Crippen LogP contribution in [-0.2, 0) is 11.2 Å². The number of aromatic nitrogens is 1. The highest BCUT2D eigenvalue weighted by molar-refractivity contribution is 5.75. The van der Waals surface area contributed by atoms with Crippen LogP contribution >= 0.6 is 0 Å². The van der Waals surface area contributed by atoms with Crippen LogP contribution in [-0.4, -0.2) is 17.4 Å². The summed E-state index contributed by atoms with van der Waals surface area (Å²) in [5, 5.41) is 2.83. The van der Waals surface area contributed by atoms with E-state index in [1.807, 2.05) is 37.3 Å². The van der Waals surface area contributed by atoms with E-state index in [-0.39, 0.29) is 5.91 Å². The fraction of sp³-hybridized carbons (Fsp3) is 0.333. The molecule has 0 aliphatic heterocycles. The van der Waals surface area contributed by atoms with E-state index >= 15 is 0 Å². The van der Waals surface area contributed by atoms with Crippen LogP contribution < -0.4 is 5.32 Å². The van der Waals surface area contributed by atoms with Gasteiger partial charge in [0.1, 0.15) is 0 Å². The van der Waals surface area contributed by atoms with E-state index in [9.17, 15) is 4.79 Å². The molecule has 1 heterocycles. The summed E-state index contributed by atoms with van der Waals surface area (Å²) in [6, 6.07) is 9.81. The summed E-state index contributed by atoms with van der Waals surface area (Å²) < 4.78 is 5.63. The highest BCUT2D eigenvalue weighted by atomic mass is 16.4. The van der Waals surface area contributed by atoms with E-state index in [0.717, 1.165) is 24.3 Å². The number of carbonyl (C=O) groups excluding carboxylic acids is 1. The van der Waals surface area contributed by atoms with Crippen molar-refractivity contribution in [2.24, 2.45) is 0 Å². The van der Waals surface area contributed by atoms with Crippen LogP contribution in [0.5, 0.6) is 0 Å². The number of carbonyl (C=O) groups is 1. The average molecular weight is 258 g/mol. The number of hydrogen-bond donors (Lipinski definition) is 1. The van der Waals surface area contributed by atoms with Crippen LogP contribution in [0.25, 0.3) is 11.3 Å². The molecule has 4 heteroatoms. The Labute approximate surface area is 112 Å². The second-order valence-corrected chi connectivity index (χ2v) is 4.33. The fourth-order valence-corrected chi connectivity index (χ4v) is 1.73. The minimum absolute atomic E-state index is 0.0429. The largest absolute Gasteiger partial charge is 0.441 e. The Morgan fingerprint density at radius 1 is 1.32 bits per heavy atom. The van der Waals surface area contributed by atoms with E-state index in [2.05, 4.69) is 10.3 Å². The maximum atomic E-state index is 11.5. The summed E-state index contributed by atoms with van der Waals surface area (Å²) in [4.78, 5) is 15.7. The minimum atomic E-state index is 0.0429. The normalized spacial score (nSPS) is 10.4. The lowest BCUT2D eigenvalue weighted by Crippen LogP contribution is -2.24. The van der Waals surface area contributed by atoms with Crippen molar-refractivity contribution in [3.05, 3.63) is 42.4 Å². The van der Waals surface area contributed by atoms with Crippen molar-refractivity contribution in [2.75, 3.05) is 6.54 Å². The number of oxazole rings is 1. The van der Waals surface area contributed by atoms with Crippen LogP contribution in [0.2, 0.25) is 0 Å². The topological polar surface area (TPSA) is 55.1 Å². The first-order chi connectivity index (χ1) is 9.29. The molecule has 1 N–H and O–H groups in total. The van der Waals surface area contributed by atoms with E-state index < -0.39 is 0 Å². The summed E-state index contributed by atoms with van der Waals surface area (Å²) in [6.07, 6.45) is 3.59. The predicted octanol–water partition coefficient (Wildman–Crippen LogP) is 2.80. The molecule has 0 aliphatic carbocycles. The summed E-state index contributed by atoms with van der Waals surface area (Å²) in [5.74, 6) is 1.39. The average Bonchev–Trinajstić information content (AvgIpc) is 2.93. The van der Waals surface area contributed by atoms with Gasteiger partial charge in [-0.05, 0) is 6.42 Å². The van der Waals surface area contributed by atoms with E-state index in [0.29, 0.717) is 18.7 Å². The maximum Gasteiger partial charge on any atom is 0.220 e. The SMILES string of the molecule is CCCNC(=O)CCc1ncc(-c2ccccc2)o1. The van der Waals surface area contributed by atoms with Crippen molar-refractivity contribution in [3.63, 3.8) is 0 Å². The van der Waals surface area contributed by atoms with Gasteiger partial charge >= 0.3 is 0 Å². The summed E-state index contributed by atoms with van der Waals surface area (Å²) in [5.41, 5.74) is 0.997. The monoisotopic (exact) mass is 258 g/mol. The zero-order valence-corrected chi connectivity index (χ0v) is 11.1. The molecule has 0 spiro atoms. The molecule has 0 atom stereocenters. The Morgan fingerprint density at radius 2 is 2.11 bits per heavy atom. The number of amides is 1. The van der Waals surface area contributed by atoms with Gasteiger partial charge in [0.2, 0.25) is 5.91 Å². The molecular weight excluding hydrogens is 240 g/mol. The quantitative estimate of drug-likeness (QED) is 0.866.